The maximum absolute atomic E-state index is 13.6. The van der Waals surface area contributed by atoms with Crippen LogP contribution in [0.4, 0.5) is 0 Å². The molecule has 5 N–H and O–H groups in total. The first-order chi connectivity index (χ1) is 20.7. The third-order valence-corrected chi connectivity index (χ3v) is 12.3. The molecule has 0 amide bonds. The van der Waals surface area contributed by atoms with Crippen molar-refractivity contribution in [3.8, 4) is 0 Å². The molecule has 0 heterocycles. The molecule has 0 spiro atoms. The number of fused-ring (bicyclic) bond motifs is 5. The van der Waals surface area contributed by atoms with Gasteiger partial charge in [0.1, 0.15) is 23.4 Å². The lowest BCUT2D eigenvalue weighted by Crippen LogP contribution is -2.81. The predicted molar refractivity (Wildman–Crippen MR) is 163 cm³/mol. The summed E-state index contributed by atoms with van der Waals surface area (Å²) in [6.07, 6.45) is -0.225. The van der Waals surface area contributed by atoms with Gasteiger partial charge in [0.05, 0.1) is 22.7 Å². The molecule has 3 fully saturated rings. The van der Waals surface area contributed by atoms with E-state index in [0.717, 1.165) is 5.57 Å². The summed E-state index contributed by atoms with van der Waals surface area (Å²) in [4.78, 5) is 26.9. The molecule has 0 radical (unpaired) electrons. The Kier molecular flexibility index (Phi) is 7.49. The van der Waals surface area contributed by atoms with Gasteiger partial charge in [-0.3, -0.25) is 4.79 Å². The van der Waals surface area contributed by atoms with Gasteiger partial charge in [0.25, 0.3) is 0 Å². The number of ketones is 1. The van der Waals surface area contributed by atoms with Crippen molar-refractivity contribution in [3.05, 3.63) is 83.4 Å². The molecule has 3 saturated carbocycles. The number of benzene rings is 2. The summed E-state index contributed by atoms with van der Waals surface area (Å²) < 4.78 is 6.26. The third-order valence-electron chi connectivity index (χ3n) is 12.3. The second-order valence-electron chi connectivity index (χ2n) is 14.2. The van der Waals surface area contributed by atoms with E-state index in [4.69, 9.17) is 4.74 Å². The number of ether oxygens (including phenoxy) is 1. The number of hydrogen-bond acceptors (Lipinski definition) is 8. The van der Waals surface area contributed by atoms with Gasteiger partial charge < -0.3 is 30.3 Å². The van der Waals surface area contributed by atoms with Crippen LogP contribution in [0.15, 0.2) is 72.3 Å². The Bertz CT molecular complexity index is 1460. The smallest absolute Gasteiger partial charge is 0.338 e. The minimum atomic E-state index is -2.09. The van der Waals surface area contributed by atoms with E-state index in [-0.39, 0.29) is 31.5 Å². The number of esters is 1. The number of rotatable bonds is 6. The van der Waals surface area contributed by atoms with Crippen molar-refractivity contribution < 1.29 is 39.9 Å². The van der Waals surface area contributed by atoms with Crippen LogP contribution in [-0.4, -0.2) is 72.4 Å². The standard InChI is InChI=1S/C36H44O8/c1-22(18-27(38)23-10-6-4-7-11-23)34(41)16-17-35(42)33(34,3)30(44-31(40)24-12-8-5-9-13-24)21-28-32(2)15-14-26(37)19-25(32)20-29(39)36(28,35)43/h4-13,20,22,26,28-30,37,39,41-43H,14-19,21H2,1-3H3/t22-,26+,28+,29-,30-,32+,33-,34+,35+,36-/m1/s1. The van der Waals surface area contributed by atoms with Crippen LogP contribution >= 0.6 is 0 Å². The summed E-state index contributed by atoms with van der Waals surface area (Å²) in [5, 5.41) is 60.5. The van der Waals surface area contributed by atoms with Gasteiger partial charge in [-0.1, -0.05) is 81.0 Å². The Morgan fingerprint density at radius 3 is 2.16 bits per heavy atom. The lowest BCUT2D eigenvalue weighted by Gasteiger charge is -2.68. The number of aliphatic hydroxyl groups excluding tert-OH is 2. The Morgan fingerprint density at radius 2 is 1.52 bits per heavy atom. The summed E-state index contributed by atoms with van der Waals surface area (Å²) in [5.41, 5.74) is -6.67. The van der Waals surface area contributed by atoms with Crippen molar-refractivity contribution >= 4 is 11.8 Å². The zero-order valence-electron chi connectivity index (χ0n) is 25.6. The number of Topliss-reactive ketones (excluding diaryl/α,β-unsaturated/α-hetero) is 1. The lowest BCUT2D eigenvalue weighted by molar-refractivity contribution is -0.339. The summed E-state index contributed by atoms with van der Waals surface area (Å²) in [6.45, 7) is 5.37. The molecular formula is C36H44O8. The van der Waals surface area contributed by atoms with E-state index < -0.39 is 63.8 Å². The van der Waals surface area contributed by atoms with Crippen molar-refractivity contribution in [1.29, 1.82) is 0 Å². The number of carbonyl (C=O) groups excluding carboxylic acids is 2. The van der Waals surface area contributed by atoms with Gasteiger partial charge in [0.2, 0.25) is 0 Å². The highest BCUT2D eigenvalue weighted by Crippen LogP contribution is 2.72. The van der Waals surface area contributed by atoms with E-state index in [1.807, 2.05) is 13.0 Å². The zero-order chi connectivity index (χ0) is 31.7. The molecule has 0 bridgehead atoms. The molecule has 4 aliphatic carbocycles. The van der Waals surface area contributed by atoms with E-state index in [1.54, 1.807) is 74.5 Å². The molecule has 10 atom stereocenters. The first-order valence-corrected chi connectivity index (χ1v) is 15.8. The van der Waals surface area contributed by atoms with Crippen molar-refractivity contribution in [2.45, 2.75) is 101 Å². The second kappa shape index (κ2) is 10.6. The van der Waals surface area contributed by atoms with Crippen molar-refractivity contribution in [2.75, 3.05) is 0 Å². The van der Waals surface area contributed by atoms with Gasteiger partial charge in [-0.05, 0) is 62.0 Å². The highest BCUT2D eigenvalue weighted by atomic mass is 16.5. The topological polar surface area (TPSA) is 145 Å². The Morgan fingerprint density at radius 1 is 0.909 bits per heavy atom. The molecule has 44 heavy (non-hydrogen) atoms. The minimum absolute atomic E-state index is 0.0242. The van der Waals surface area contributed by atoms with Crippen molar-refractivity contribution in [3.63, 3.8) is 0 Å². The highest BCUT2D eigenvalue weighted by Gasteiger charge is 2.82. The first kappa shape index (κ1) is 31.1. The molecule has 2 aromatic carbocycles. The van der Waals surface area contributed by atoms with Crippen LogP contribution in [-0.2, 0) is 4.74 Å². The third kappa shape index (κ3) is 4.14. The van der Waals surface area contributed by atoms with Crippen molar-refractivity contribution in [2.24, 2.45) is 22.7 Å². The largest absolute Gasteiger partial charge is 0.458 e. The van der Waals surface area contributed by atoms with Gasteiger partial charge in [-0.15, -0.1) is 0 Å². The van der Waals surface area contributed by atoms with Crippen LogP contribution in [0.25, 0.3) is 0 Å². The summed E-state index contributed by atoms with van der Waals surface area (Å²) >= 11 is 0. The molecular weight excluding hydrogens is 560 g/mol. The maximum atomic E-state index is 13.6. The van der Waals surface area contributed by atoms with E-state index in [9.17, 15) is 35.1 Å². The van der Waals surface area contributed by atoms with E-state index in [0.29, 0.717) is 30.4 Å². The Hall–Kier alpha value is -2.88. The lowest BCUT2D eigenvalue weighted by atomic mass is 9.41. The number of hydrogen-bond donors (Lipinski definition) is 5. The SMILES string of the molecule is C[C@H](CC(=O)c1ccccc1)[C@@]1(O)CC[C@@]2(O)[C@]3(O)[C@H](O)C=C4C[C@@H](O)CC[C@]4(C)[C@@H]3C[C@@H](OC(=O)c3ccccc3)[C@@]21C. The molecule has 0 aromatic heterocycles. The van der Waals surface area contributed by atoms with Gasteiger partial charge in [-0.25, -0.2) is 4.79 Å². The fourth-order valence-corrected chi connectivity index (χ4v) is 9.60. The predicted octanol–water partition coefficient (Wildman–Crippen LogP) is 3.99. The Balaban J connectivity index is 1.46. The Labute approximate surface area is 258 Å². The second-order valence-corrected chi connectivity index (χ2v) is 14.2. The normalized spacial score (nSPS) is 41.9. The first-order valence-electron chi connectivity index (χ1n) is 15.8. The van der Waals surface area contributed by atoms with E-state index in [1.165, 1.54) is 0 Å². The zero-order valence-corrected chi connectivity index (χ0v) is 25.6. The van der Waals surface area contributed by atoms with Crippen molar-refractivity contribution in [1.82, 2.24) is 0 Å². The molecule has 0 aliphatic heterocycles. The summed E-state index contributed by atoms with van der Waals surface area (Å²) in [6, 6.07) is 17.3. The molecule has 8 heteroatoms. The average molecular weight is 605 g/mol. The fraction of sp³-hybridized carbons (Fsp3) is 0.556. The van der Waals surface area contributed by atoms with E-state index >= 15 is 0 Å². The number of aliphatic hydroxyl groups is 5. The highest BCUT2D eigenvalue weighted by molar-refractivity contribution is 5.96. The fourth-order valence-electron chi connectivity index (χ4n) is 9.60. The molecule has 8 nitrogen and oxygen atoms in total. The molecule has 4 aliphatic rings. The number of carbonyl (C=O) groups is 2. The monoisotopic (exact) mass is 604 g/mol. The summed E-state index contributed by atoms with van der Waals surface area (Å²) in [5.74, 6) is -2.23. The molecule has 236 valence electrons. The molecule has 2 aromatic rings. The average Bonchev–Trinajstić information content (AvgIpc) is 3.24. The van der Waals surface area contributed by atoms with Crippen LogP contribution in [0.2, 0.25) is 0 Å². The molecule has 0 saturated heterocycles. The van der Waals surface area contributed by atoms with Crippen LogP contribution in [0.3, 0.4) is 0 Å². The van der Waals surface area contributed by atoms with Gasteiger partial charge >= 0.3 is 5.97 Å². The van der Waals surface area contributed by atoms with Gasteiger partial charge in [0.15, 0.2) is 5.78 Å². The van der Waals surface area contributed by atoms with Crippen LogP contribution in [0.5, 0.6) is 0 Å². The molecule has 0 unspecified atom stereocenters. The molecule has 6 rings (SSSR count). The van der Waals surface area contributed by atoms with Crippen LogP contribution in [0, 0.1) is 22.7 Å². The van der Waals surface area contributed by atoms with Gasteiger partial charge in [0, 0.05) is 17.9 Å². The maximum Gasteiger partial charge on any atom is 0.338 e. The van der Waals surface area contributed by atoms with Crippen LogP contribution in [0.1, 0.15) is 86.4 Å². The van der Waals surface area contributed by atoms with E-state index in [2.05, 4.69) is 0 Å². The minimum Gasteiger partial charge on any atom is -0.458 e. The summed E-state index contributed by atoms with van der Waals surface area (Å²) in [7, 11) is 0. The quantitative estimate of drug-likeness (QED) is 0.189. The van der Waals surface area contributed by atoms with Gasteiger partial charge in [-0.2, -0.15) is 0 Å². The van der Waals surface area contributed by atoms with Crippen LogP contribution < -0.4 is 0 Å².